The van der Waals surface area contributed by atoms with Gasteiger partial charge >= 0.3 is 0 Å². The van der Waals surface area contributed by atoms with Crippen molar-refractivity contribution in [3.63, 3.8) is 0 Å². The van der Waals surface area contributed by atoms with Gasteiger partial charge in [-0.1, -0.05) is 0 Å². The van der Waals surface area contributed by atoms with Crippen LogP contribution in [0.4, 0.5) is 0 Å². The first kappa shape index (κ1) is 7.88. The van der Waals surface area contributed by atoms with E-state index in [4.69, 9.17) is 5.84 Å². The summed E-state index contributed by atoms with van der Waals surface area (Å²) >= 11 is 1.91. The quantitative estimate of drug-likeness (QED) is 0.325. The number of hydrazine groups is 1. The highest BCUT2D eigenvalue weighted by Crippen LogP contribution is 2.22. The fourth-order valence-corrected chi connectivity index (χ4v) is 2.18. The largest absolute Gasteiger partial charge is 0.294 e. The van der Waals surface area contributed by atoms with Gasteiger partial charge in [0.25, 0.3) is 0 Å². The second-order valence-corrected chi connectivity index (χ2v) is 3.62. The molecular weight excluding hydrogens is 148 g/mol. The van der Waals surface area contributed by atoms with Crippen LogP contribution in [0.5, 0.6) is 0 Å². The highest BCUT2D eigenvalue weighted by Gasteiger charge is 2.19. The van der Waals surface area contributed by atoms with Crippen LogP contribution in [0.25, 0.3) is 0 Å². The lowest BCUT2D eigenvalue weighted by molar-refractivity contribution is -0.125. The summed E-state index contributed by atoms with van der Waals surface area (Å²) in [5.41, 5.74) is 2.19. The van der Waals surface area contributed by atoms with E-state index in [0.717, 1.165) is 24.3 Å². The molecular formula is C6H12N2OS. The minimum absolute atomic E-state index is 0.000278. The van der Waals surface area contributed by atoms with Crippen LogP contribution in [-0.4, -0.2) is 17.4 Å². The maximum atomic E-state index is 10.9. The lowest BCUT2D eigenvalue weighted by Crippen LogP contribution is -2.37. The highest BCUT2D eigenvalue weighted by molar-refractivity contribution is 7.99. The molecule has 1 fully saturated rings. The molecule has 0 aromatic heterocycles. The van der Waals surface area contributed by atoms with Gasteiger partial charge in [0.05, 0.1) is 0 Å². The third kappa shape index (κ3) is 1.88. The Hall–Kier alpha value is -0.220. The van der Waals surface area contributed by atoms with Crippen LogP contribution >= 0.6 is 11.8 Å². The fraction of sp³-hybridized carbons (Fsp3) is 0.833. The highest BCUT2D eigenvalue weighted by atomic mass is 32.2. The minimum Gasteiger partial charge on any atom is -0.294 e. The number of carbonyl (C=O) groups is 1. The first-order valence-corrected chi connectivity index (χ1v) is 4.58. The first-order chi connectivity index (χ1) is 4.84. The molecule has 0 saturated carbocycles. The Morgan fingerprint density at radius 2 is 2.10 bits per heavy atom. The molecule has 0 radical (unpaired) electrons. The molecule has 0 atom stereocenters. The van der Waals surface area contributed by atoms with Crippen molar-refractivity contribution in [3.8, 4) is 0 Å². The van der Waals surface area contributed by atoms with Crippen molar-refractivity contribution in [2.45, 2.75) is 12.8 Å². The molecule has 58 valence electrons. The monoisotopic (exact) mass is 160 g/mol. The topological polar surface area (TPSA) is 55.1 Å². The molecule has 4 heteroatoms. The van der Waals surface area contributed by atoms with Gasteiger partial charge < -0.3 is 0 Å². The summed E-state index contributed by atoms with van der Waals surface area (Å²) in [6, 6.07) is 0. The number of amides is 1. The second kappa shape index (κ2) is 3.83. The number of carbonyl (C=O) groups excluding carboxylic acids is 1. The summed E-state index contributed by atoms with van der Waals surface area (Å²) in [5, 5.41) is 0. The van der Waals surface area contributed by atoms with E-state index in [-0.39, 0.29) is 11.8 Å². The Morgan fingerprint density at radius 3 is 2.60 bits per heavy atom. The van der Waals surface area contributed by atoms with Crippen LogP contribution in [0.1, 0.15) is 12.8 Å². The Morgan fingerprint density at radius 1 is 1.50 bits per heavy atom. The number of nitrogens with two attached hydrogens (primary N) is 1. The zero-order chi connectivity index (χ0) is 7.40. The smallest absolute Gasteiger partial charge is 0.237 e. The van der Waals surface area contributed by atoms with Gasteiger partial charge in [-0.15, -0.1) is 0 Å². The van der Waals surface area contributed by atoms with Crippen LogP contribution in [0.2, 0.25) is 0 Å². The molecule has 1 rings (SSSR count). The molecule has 1 aliphatic rings. The molecule has 0 unspecified atom stereocenters. The predicted molar refractivity (Wildman–Crippen MR) is 42.4 cm³/mol. The van der Waals surface area contributed by atoms with Gasteiger partial charge in [0, 0.05) is 5.92 Å². The summed E-state index contributed by atoms with van der Waals surface area (Å²) in [6.07, 6.45) is 1.96. The third-order valence-corrected chi connectivity index (χ3v) is 2.78. The van der Waals surface area contributed by atoms with Crippen LogP contribution in [0, 0.1) is 5.92 Å². The van der Waals surface area contributed by atoms with Gasteiger partial charge in [-0.05, 0) is 24.3 Å². The van der Waals surface area contributed by atoms with Gasteiger partial charge in [-0.3, -0.25) is 10.2 Å². The Labute approximate surface area is 64.7 Å². The third-order valence-electron chi connectivity index (χ3n) is 1.73. The summed E-state index contributed by atoms with van der Waals surface area (Å²) in [4.78, 5) is 10.9. The Balaban J connectivity index is 2.31. The van der Waals surface area contributed by atoms with Crippen LogP contribution in [0.15, 0.2) is 0 Å². The van der Waals surface area contributed by atoms with E-state index in [2.05, 4.69) is 5.43 Å². The molecule has 0 aliphatic carbocycles. The Kier molecular flexibility index (Phi) is 3.02. The van der Waals surface area contributed by atoms with Crippen molar-refractivity contribution in [1.82, 2.24) is 5.43 Å². The summed E-state index contributed by atoms with van der Waals surface area (Å²) in [5.74, 6) is 7.36. The van der Waals surface area contributed by atoms with E-state index in [1.165, 1.54) is 0 Å². The van der Waals surface area contributed by atoms with Crippen molar-refractivity contribution in [2.75, 3.05) is 11.5 Å². The average Bonchev–Trinajstić information content (AvgIpc) is 2.05. The van der Waals surface area contributed by atoms with Crippen molar-refractivity contribution < 1.29 is 4.79 Å². The molecule has 0 aromatic rings. The van der Waals surface area contributed by atoms with Crippen molar-refractivity contribution in [3.05, 3.63) is 0 Å². The lowest BCUT2D eigenvalue weighted by atomic mass is 10.0. The second-order valence-electron chi connectivity index (χ2n) is 2.40. The van der Waals surface area contributed by atoms with E-state index < -0.39 is 0 Å². The van der Waals surface area contributed by atoms with E-state index in [9.17, 15) is 4.79 Å². The van der Waals surface area contributed by atoms with Crippen LogP contribution in [-0.2, 0) is 4.79 Å². The zero-order valence-corrected chi connectivity index (χ0v) is 6.62. The fourth-order valence-electron chi connectivity index (χ4n) is 1.08. The molecule has 0 spiro atoms. The molecule has 1 heterocycles. The summed E-state index contributed by atoms with van der Waals surface area (Å²) < 4.78 is 0. The maximum Gasteiger partial charge on any atom is 0.237 e. The SMILES string of the molecule is NNC(=O)C1CCSCC1. The molecule has 0 bridgehead atoms. The number of hydrogen-bond donors (Lipinski definition) is 2. The van der Waals surface area contributed by atoms with Gasteiger partial charge in [-0.2, -0.15) is 11.8 Å². The molecule has 0 aromatic carbocycles. The lowest BCUT2D eigenvalue weighted by Gasteiger charge is -2.18. The predicted octanol–water partition coefficient (Wildman–Crippen LogP) is 0.119. The number of nitrogens with one attached hydrogen (secondary N) is 1. The molecule has 1 aliphatic heterocycles. The van der Waals surface area contributed by atoms with Gasteiger partial charge in [-0.25, -0.2) is 5.84 Å². The van der Waals surface area contributed by atoms with Crippen LogP contribution in [0.3, 0.4) is 0 Å². The van der Waals surface area contributed by atoms with E-state index >= 15 is 0 Å². The maximum absolute atomic E-state index is 10.9. The van der Waals surface area contributed by atoms with Crippen LogP contribution < -0.4 is 11.3 Å². The molecule has 10 heavy (non-hydrogen) atoms. The number of rotatable bonds is 1. The van der Waals surface area contributed by atoms with E-state index in [0.29, 0.717) is 0 Å². The summed E-state index contributed by atoms with van der Waals surface area (Å²) in [7, 11) is 0. The first-order valence-electron chi connectivity index (χ1n) is 3.43. The Bertz CT molecular complexity index is 123. The standard InChI is InChI=1S/C6H12N2OS/c7-8-6(9)5-1-3-10-4-2-5/h5H,1-4,7H2,(H,8,9). The molecule has 1 amide bonds. The molecule has 3 nitrogen and oxygen atoms in total. The van der Waals surface area contributed by atoms with E-state index in [1.54, 1.807) is 0 Å². The normalized spacial score (nSPS) is 20.5. The number of thioether (sulfide) groups is 1. The average molecular weight is 160 g/mol. The minimum atomic E-state index is 0.000278. The zero-order valence-electron chi connectivity index (χ0n) is 5.80. The molecule has 1 saturated heterocycles. The van der Waals surface area contributed by atoms with Gasteiger partial charge in [0.15, 0.2) is 0 Å². The van der Waals surface area contributed by atoms with Crippen molar-refractivity contribution in [1.29, 1.82) is 0 Å². The van der Waals surface area contributed by atoms with Gasteiger partial charge in [0.1, 0.15) is 0 Å². The van der Waals surface area contributed by atoms with Crippen molar-refractivity contribution >= 4 is 17.7 Å². The molecule has 3 N–H and O–H groups in total. The summed E-state index contributed by atoms with van der Waals surface area (Å²) in [6.45, 7) is 0. The van der Waals surface area contributed by atoms with Gasteiger partial charge in [0.2, 0.25) is 5.91 Å². The van der Waals surface area contributed by atoms with Crippen molar-refractivity contribution in [2.24, 2.45) is 11.8 Å². The van der Waals surface area contributed by atoms with E-state index in [1.807, 2.05) is 11.8 Å². The number of hydrogen-bond acceptors (Lipinski definition) is 3.